The summed E-state index contributed by atoms with van der Waals surface area (Å²) in [7, 11) is 0. The van der Waals surface area contributed by atoms with E-state index in [2.05, 4.69) is 11.0 Å². The van der Waals surface area contributed by atoms with Crippen molar-refractivity contribution < 1.29 is 0 Å². The summed E-state index contributed by atoms with van der Waals surface area (Å²) in [5.74, 6) is 2.40. The van der Waals surface area contributed by atoms with Gasteiger partial charge in [-0.1, -0.05) is 11.6 Å². The molecule has 0 amide bonds. The zero-order chi connectivity index (χ0) is 10.7. The van der Waals surface area contributed by atoms with E-state index >= 15 is 0 Å². The Kier molecular flexibility index (Phi) is 3.78. The molecule has 1 saturated heterocycles. The highest BCUT2D eigenvalue weighted by molar-refractivity contribution is 7.99. The van der Waals surface area contributed by atoms with E-state index in [0.717, 1.165) is 23.7 Å². The summed E-state index contributed by atoms with van der Waals surface area (Å²) in [6.45, 7) is 2.78. The lowest BCUT2D eigenvalue weighted by atomic mass is 10.1. The van der Waals surface area contributed by atoms with Crippen molar-refractivity contribution in [1.82, 2.24) is 0 Å². The summed E-state index contributed by atoms with van der Waals surface area (Å²) in [5, 5.41) is 0.769. The quantitative estimate of drug-likeness (QED) is 0.864. The first kappa shape index (κ1) is 11.1. The average molecular weight is 243 g/mol. The van der Waals surface area contributed by atoms with E-state index in [0.29, 0.717) is 6.54 Å². The SMILES string of the molecule is NCc1cc(Cl)ccc1N1CCSCC1. The Labute approximate surface area is 99.8 Å². The van der Waals surface area contributed by atoms with E-state index in [4.69, 9.17) is 17.3 Å². The van der Waals surface area contributed by atoms with Crippen molar-refractivity contribution in [3.8, 4) is 0 Å². The van der Waals surface area contributed by atoms with Crippen LogP contribution < -0.4 is 10.6 Å². The van der Waals surface area contributed by atoms with Gasteiger partial charge in [-0.3, -0.25) is 0 Å². The minimum atomic E-state index is 0.555. The molecule has 0 unspecified atom stereocenters. The molecule has 0 radical (unpaired) electrons. The number of hydrogen-bond donors (Lipinski definition) is 1. The Bertz CT molecular complexity index is 337. The maximum Gasteiger partial charge on any atom is 0.0413 e. The summed E-state index contributed by atoms with van der Waals surface area (Å²) < 4.78 is 0. The number of nitrogens with zero attached hydrogens (tertiary/aromatic N) is 1. The standard InChI is InChI=1S/C11H15ClN2S/c12-10-1-2-11(9(7-10)8-13)14-3-5-15-6-4-14/h1-2,7H,3-6,8,13H2. The molecule has 0 atom stereocenters. The average Bonchev–Trinajstić information content (AvgIpc) is 2.30. The molecule has 2 nitrogen and oxygen atoms in total. The second kappa shape index (κ2) is 5.10. The number of benzene rings is 1. The number of anilines is 1. The molecule has 0 bridgehead atoms. The lowest BCUT2D eigenvalue weighted by Crippen LogP contribution is -2.33. The van der Waals surface area contributed by atoms with Gasteiger partial charge in [0.1, 0.15) is 0 Å². The number of hydrogen-bond acceptors (Lipinski definition) is 3. The Hall–Kier alpha value is -0.380. The molecule has 2 rings (SSSR count). The van der Waals surface area contributed by atoms with E-state index in [1.54, 1.807) is 0 Å². The molecular formula is C11H15ClN2S. The van der Waals surface area contributed by atoms with Crippen LogP contribution in [0.15, 0.2) is 18.2 Å². The lowest BCUT2D eigenvalue weighted by Gasteiger charge is -2.30. The maximum atomic E-state index is 5.96. The largest absolute Gasteiger partial charge is 0.370 e. The zero-order valence-electron chi connectivity index (χ0n) is 8.58. The molecule has 0 aliphatic carbocycles. The maximum absolute atomic E-state index is 5.96. The monoisotopic (exact) mass is 242 g/mol. The van der Waals surface area contributed by atoms with Crippen molar-refractivity contribution in [2.75, 3.05) is 29.5 Å². The summed E-state index contributed by atoms with van der Waals surface area (Å²) in [6, 6.07) is 6.00. The first-order valence-electron chi connectivity index (χ1n) is 5.12. The van der Waals surface area contributed by atoms with Crippen LogP contribution in [0.1, 0.15) is 5.56 Å². The highest BCUT2D eigenvalue weighted by Crippen LogP contribution is 2.26. The van der Waals surface area contributed by atoms with Gasteiger partial charge in [-0.2, -0.15) is 11.8 Å². The van der Waals surface area contributed by atoms with Gasteiger partial charge in [-0.15, -0.1) is 0 Å². The van der Waals surface area contributed by atoms with E-state index in [1.165, 1.54) is 17.2 Å². The molecular weight excluding hydrogens is 228 g/mol. The molecule has 1 aliphatic rings. The first-order valence-corrected chi connectivity index (χ1v) is 6.65. The van der Waals surface area contributed by atoms with Crippen LogP contribution in [0, 0.1) is 0 Å². The molecule has 1 aliphatic heterocycles. The van der Waals surface area contributed by atoms with Crippen LogP contribution in [0.5, 0.6) is 0 Å². The highest BCUT2D eigenvalue weighted by atomic mass is 35.5. The number of rotatable bonds is 2. The van der Waals surface area contributed by atoms with Gasteiger partial charge in [0.15, 0.2) is 0 Å². The van der Waals surface area contributed by atoms with Gasteiger partial charge in [-0.25, -0.2) is 0 Å². The number of halogens is 1. The van der Waals surface area contributed by atoms with E-state index in [-0.39, 0.29) is 0 Å². The molecule has 0 aromatic heterocycles. The second-order valence-electron chi connectivity index (χ2n) is 3.58. The topological polar surface area (TPSA) is 29.3 Å². The van der Waals surface area contributed by atoms with Gasteiger partial charge in [0.2, 0.25) is 0 Å². The van der Waals surface area contributed by atoms with E-state index in [9.17, 15) is 0 Å². The molecule has 0 spiro atoms. The van der Waals surface area contributed by atoms with Gasteiger partial charge in [0.25, 0.3) is 0 Å². The molecule has 4 heteroatoms. The third kappa shape index (κ3) is 2.60. The van der Waals surface area contributed by atoms with Crippen molar-refractivity contribution >= 4 is 29.1 Å². The fourth-order valence-electron chi connectivity index (χ4n) is 1.83. The van der Waals surface area contributed by atoms with Crippen LogP contribution in [-0.2, 0) is 6.54 Å². The van der Waals surface area contributed by atoms with Crippen molar-refractivity contribution in [3.05, 3.63) is 28.8 Å². The molecule has 1 aromatic rings. The minimum Gasteiger partial charge on any atom is -0.370 e. The predicted molar refractivity (Wildman–Crippen MR) is 68.9 cm³/mol. The second-order valence-corrected chi connectivity index (χ2v) is 5.24. The van der Waals surface area contributed by atoms with Crippen LogP contribution in [0.4, 0.5) is 5.69 Å². The Balaban J connectivity index is 2.25. The predicted octanol–water partition coefficient (Wildman–Crippen LogP) is 2.35. The van der Waals surface area contributed by atoms with Gasteiger partial charge >= 0.3 is 0 Å². The van der Waals surface area contributed by atoms with Crippen LogP contribution in [0.2, 0.25) is 5.02 Å². The molecule has 15 heavy (non-hydrogen) atoms. The van der Waals surface area contributed by atoms with Crippen molar-refractivity contribution in [2.45, 2.75) is 6.54 Å². The summed E-state index contributed by atoms with van der Waals surface area (Å²) in [6.07, 6.45) is 0. The van der Waals surface area contributed by atoms with Crippen LogP contribution in [0.3, 0.4) is 0 Å². The van der Waals surface area contributed by atoms with Crippen LogP contribution in [-0.4, -0.2) is 24.6 Å². The van der Waals surface area contributed by atoms with Gasteiger partial charge in [-0.05, 0) is 23.8 Å². The fraction of sp³-hybridized carbons (Fsp3) is 0.455. The zero-order valence-corrected chi connectivity index (χ0v) is 10.2. The summed E-state index contributed by atoms with van der Waals surface area (Å²) in [5.41, 5.74) is 8.14. The minimum absolute atomic E-state index is 0.555. The molecule has 82 valence electrons. The highest BCUT2D eigenvalue weighted by Gasteiger charge is 2.13. The van der Waals surface area contributed by atoms with Gasteiger partial charge in [0, 0.05) is 41.8 Å². The Morgan fingerprint density at radius 3 is 2.73 bits per heavy atom. The molecule has 1 heterocycles. The Morgan fingerprint density at radius 2 is 2.07 bits per heavy atom. The third-order valence-electron chi connectivity index (χ3n) is 2.61. The van der Waals surface area contributed by atoms with E-state index < -0.39 is 0 Å². The van der Waals surface area contributed by atoms with Crippen molar-refractivity contribution in [3.63, 3.8) is 0 Å². The summed E-state index contributed by atoms with van der Waals surface area (Å²) in [4.78, 5) is 2.40. The Morgan fingerprint density at radius 1 is 1.33 bits per heavy atom. The van der Waals surface area contributed by atoms with Gasteiger partial charge < -0.3 is 10.6 Å². The molecule has 2 N–H and O–H groups in total. The van der Waals surface area contributed by atoms with Crippen molar-refractivity contribution in [1.29, 1.82) is 0 Å². The molecule has 0 saturated carbocycles. The normalized spacial score (nSPS) is 16.8. The lowest BCUT2D eigenvalue weighted by molar-refractivity contribution is 0.847. The fourth-order valence-corrected chi connectivity index (χ4v) is 2.93. The van der Waals surface area contributed by atoms with Crippen molar-refractivity contribution in [2.24, 2.45) is 5.73 Å². The number of nitrogens with two attached hydrogens (primary N) is 1. The number of thioether (sulfide) groups is 1. The smallest absolute Gasteiger partial charge is 0.0413 e. The first-order chi connectivity index (χ1) is 7.31. The van der Waals surface area contributed by atoms with Gasteiger partial charge in [0.05, 0.1) is 0 Å². The van der Waals surface area contributed by atoms with E-state index in [1.807, 2.05) is 23.9 Å². The third-order valence-corrected chi connectivity index (χ3v) is 3.79. The molecule has 1 fully saturated rings. The van der Waals surface area contributed by atoms with Crippen LogP contribution >= 0.6 is 23.4 Å². The summed E-state index contributed by atoms with van der Waals surface area (Å²) >= 11 is 7.97. The van der Waals surface area contributed by atoms with Crippen LogP contribution in [0.25, 0.3) is 0 Å². The molecule has 1 aromatic carbocycles.